The van der Waals surface area contributed by atoms with Crippen molar-refractivity contribution in [2.45, 2.75) is 101 Å². The Morgan fingerprint density at radius 2 is 1.75 bits per heavy atom. The number of β-amino-alcohol motifs (C(OH)–C–C–N with tert-alkyl or cyclic N) is 1. The van der Waals surface area contributed by atoms with Crippen LogP contribution in [-0.4, -0.2) is 54.5 Å². The molecule has 0 radical (unpaired) electrons. The standard InChI is InChI=1S/C37H47FN4O5S/c1-34(2,3)47-33(44)42-24-36(45,26-12-8-7-9-13-26)23-30(42)32(43)40-29-22-27(17-18-28(29)38)37(20-19-25-15-16-25,31-14-10-11-21-39-31)41-48(46)35(4,5)6/h7-14,17-18,21-22,25,30,41,45H,15-16,19-20,23-24H2,1-6H3,(H,40,43)/t30-,36-,37?,48+/m1/s1. The van der Waals surface area contributed by atoms with E-state index in [0.717, 1.165) is 19.3 Å². The van der Waals surface area contributed by atoms with E-state index in [0.29, 0.717) is 29.2 Å². The first kappa shape index (κ1) is 35.8. The zero-order valence-corrected chi connectivity index (χ0v) is 29.4. The predicted octanol–water partition coefficient (Wildman–Crippen LogP) is 6.54. The van der Waals surface area contributed by atoms with Gasteiger partial charge in [0.15, 0.2) is 0 Å². The van der Waals surface area contributed by atoms with Crippen LogP contribution in [-0.2, 0) is 32.0 Å². The molecule has 48 heavy (non-hydrogen) atoms. The number of hydrogen-bond acceptors (Lipinski definition) is 7. The number of nitrogens with one attached hydrogen (secondary N) is 2. The van der Waals surface area contributed by atoms with Crippen molar-refractivity contribution in [3.8, 4) is 0 Å². The van der Waals surface area contributed by atoms with E-state index in [1.54, 1.807) is 69.4 Å². The highest BCUT2D eigenvalue weighted by Crippen LogP contribution is 2.43. The van der Waals surface area contributed by atoms with Crippen LogP contribution in [0.25, 0.3) is 0 Å². The van der Waals surface area contributed by atoms with Crippen molar-refractivity contribution in [1.29, 1.82) is 0 Å². The number of aromatic nitrogens is 1. The van der Waals surface area contributed by atoms with Crippen LogP contribution in [0, 0.1) is 11.7 Å². The topological polar surface area (TPSA) is 127 Å². The number of rotatable bonds is 10. The number of halogens is 1. The summed E-state index contributed by atoms with van der Waals surface area (Å²) in [6, 6.07) is 17.7. The highest BCUT2D eigenvalue weighted by Gasteiger charge is 2.50. The first-order chi connectivity index (χ1) is 22.5. The summed E-state index contributed by atoms with van der Waals surface area (Å²) in [6.45, 7) is 10.6. The first-order valence-electron chi connectivity index (χ1n) is 16.5. The van der Waals surface area contributed by atoms with Crippen LogP contribution in [0.4, 0.5) is 14.9 Å². The van der Waals surface area contributed by atoms with E-state index < -0.39 is 56.7 Å². The van der Waals surface area contributed by atoms with Crippen molar-refractivity contribution in [2.75, 3.05) is 11.9 Å². The third kappa shape index (κ3) is 8.19. The van der Waals surface area contributed by atoms with Crippen molar-refractivity contribution < 1.29 is 28.4 Å². The SMILES string of the molecule is CC(C)(C)OC(=O)N1C[C@@](O)(c2ccccc2)C[C@@H]1C(=O)Nc1cc(C(CCC2CC2)(N[S@@+]([O-])C(C)(C)C)c2ccccn2)ccc1F. The summed E-state index contributed by atoms with van der Waals surface area (Å²) < 4.78 is 37.7. The maximum absolute atomic E-state index is 15.6. The number of carbonyl (C=O) groups excluding carboxylic acids is 2. The number of anilines is 1. The molecule has 1 saturated carbocycles. The minimum atomic E-state index is -1.53. The van der Waals surface area contributed by atoms with Crippen LogP contribution >= 0.6 is 0 Å². The first-order valence-corrected chi connectivity index (χ1v) is 17.7. The van der Waals surface area contributed by atoms with Crippen molar-refractivity contribution in [1.82, 2.24) is 14.6 Å². The third-order valence-corrected chi connectivity index (χ3v) is 10.5. The molecule has 3 N–H and O–H groups in total. The van der Waals surface area contributed by atoms with Gasteiger partial charge in [0.05, 0.1) is 17.9 Å². The molecule has 9 nitrogen and oxygen atoms in total. The van der Waals surface area contributed by atoms with Gasteiger partial charge in [-0.3, -0.25) is 14.7 Å². The average molecular weight is 679 g/mol. The van der Waals surface area contributed by atoms with E-state index in [1.807, 2.05) is 39.0 Å². The van der Waals surface area contributed by atoms with Crippen LogP contribution in [0.1, 0.15) is 90.5 Å². The second-order valence-corrected chi connectivity index (χ2v) is 17.0. The van der Waals surface area contributed by atoms with Crippen LogP contribution in [0.2, 0.25) is 0 Å². The van der Waals surface area contributed by atoms with E-state index in [9.17, 15) is 19.2 Å². The average Bonchev–Trinajstić information content (AvgIpc) is 3.79. The zero-order valence-electron chi connectivity index (χ0n) is 28.6. The van der Waals surface area contributed by atoms with E-state index in [2.05, 4.69) is 15.0 Å². The molecule has 1 saturated heterocycles. The number of benzene rings is 2. The molecule has 2 aliphatic rings. The quantitative estimate of drug-likeness (QED) is 0.208. The number of likely N-dealkylation sites (tertiary alicyclic amines) is 1. The number of pyridine rings is 1. The number of ether oxygens (including phenoxy) is 1. The summed E-state index contributed by atoms with van der Waals surface area (Å²) in [7, 11) is 0. The number of carbonyl (C=O) groups is 2. The summed E-state index contributed by atoms with van der Waals surface area (Å²) in [5.41, 5.74) is -1.76. The predicted molar refractivity (Wildman–Crippen MR) is 185 cm³/mol. The summed E-state index contributed by atoms with van der Waals surface area (Å²) in [6.07, 6.45) is 4.44. The molecule has 1 aliphatic carbocycles. The van der Waals surface area contributed by atoms with Gasteiger partial charge in [0.1, 0.15) is 33.3 Å². The van der Waals surface area contributed by atoms with E-state index in [-0.39, 0.29) is 18.7 Å². The van der Waals surface area contributed by atoms with Crippen molar-refractivity contribution in [3.05, 3.63) is 95.6 Å². The van der Waals surface area contributed by atoms with Crippen molar-refractivity contribution in [3.63, 3.8) is 0 Å². The summed E-state index contributed by atoms with van der Waals surface area (Å²) in [5, 5.41) is 14.4. The Balaban J connectivity index is 1.52. The minimum absolute atomic E-state index is 0.105. The molecule has 0 spiro atoms. The number of aliphatic hydroxyl groups is 1. The fourth-order valence-electron chi connectivity index (χ4n) is 6.03. The molecule has 1 aliphatic heterocycles. The van der Waals surface area contributed by atoms with E-state index in [4.69, 9.17) is 4.74 Å². The lowest BCUT2D eigenvalue weighted by Gasteiger charge is -2.38. The second kappa shape index (κ2) is 13.8. The molecule has 2 fully saturated rings. The van der Waals surface area contributed by atoms with Crippen LogP contribution in [0.5, 0.6) is 0 Å². The molecular formula is C37H47FN4O5S. The van der Waals surface area contributed by atoms with Gasteiger partial charge in [-0.15, -0.1) is 4.72 Å². The highest BCUT2D eigenvalue weighted by molar-refractivity contribution is 7.90. The van der Waals surface area contributed by atoms with Gasteiger partial charge < -0.3 is 19.7 Å². The Morgan fingerprint density at radius 3 is 2.35 bits per heavy atom. The molecule has 1 aromatic heterocycles. The maximum atomic E-state index is 15.6. The van der Waals surface area contributed by atoms with Gasteiger partial charge in [0.2, 0.25) is 5.91 Å². The molecule has 0 bridgehead atoms. The smallest absolute Gasteiger partial charge is 0.411 e. The minimum Gasteiger partial charge on any atom is -0.598 e. The van der Waals surface area contributed by atoms with Gasteiger partial charge >= 0.3 is 6.09 Å². The molecule has 258 valence electrons. The molecule has 3 aromatic rings. The molecule has 2 amide bonds. The number of amides is 2. The van der Waals surface area contributed by atoms with Gasteiger partial charge in [-0.2, -0.15) is 0 Å². The van der Waals surface area contributed by atoms with E-state index >= 15 is 4.39 Å². The maximum Gasteiger partial charge on any atom is 0.411 e. The fraction of sp³-hybridized carbons (Fsp3) is 0.486. The lowest BCUT2D eigenvalue weighted by Crippen LogP contribution is -2.52. The Morgan fingerprint density at radius 1 is 1.06 bits per heavy atom. The molecule has 2 heterocycles. The largest absolute Gasteiger partial charge is 0.598 e. The Labute approximate surface area is 286 Å². The van der Waals surface area contributed by atoms with Gasteiger partial charge in [-0.05, 0) is 95.7 Å². The molecule has 4 atom stereocenters. The molecule has 11 heteroatoms. The van der Waals surface area contributed by atoms with Gasteiger partial charge in [-0.1, -0.05) is 55.3 Å². The Hall–Kier alpha value is -3.51. The van der Waals surface area contributed by atoms with Crippen LogP contribution in [0.15, 0.2) is 72.9 Å². The normalized spacial score (nSPS) is 21.8. The van der Waals surface area contributed by atoms with Crippen LogP contribution < -0.4 is 10.0 Å². The lowest BCUT2D eigenvalue weighted by atomic mass is 9.82. The summed E-state index contributed by atoms with van der Waals surface area (Å²) >= 11 is -1.53. The molecule has 1 unspecified atom stereocenters. The number of hydrogen-bond donors (Lipinski definition) is 3. The number of nitrogens with zero attached hydrogens (tertiary/aromatic N) is 2. The van der Waals surface area contributed by atoms with Crippen molar-refractivity contribution >= 4 is 29.0 Å². The third-order valence-electron chi connectivity index (χ3n) is 8.85. The summed E-state index contributed by atoms with van der Waals surface area (Å²) in [5.74, 6) is -0.806. The zero-order chi connectivity index (χ0) is 34.9. The monoisotopic (exact) mass is 678 g/mol. The Kier molecular flexibility index (Phi) is 10.3. The lowest BCUT2D eigenvalue weighted by molar-refractivity contribution is -0.120. The van der Waals surface area contributed by atoms with E-state index in [1.165, 1.54) is 11.0 Å². The molecule has 2 aromatic carbocycles. The summed E-state index contributed by atoms with van der Waals surface area (Å²) in [4.78, 5) is 33.3. The Bertz CT molecular complexity index is 1590. The molecule has 5 rings (SSSR count). The molecular weight excluding hydrogens is 631 g/mol. The second-order valence-electron chi connectivity index (χ2n) is 15.0. The van der Waals surface area contributed by atoms with Gasteiger partial charge in [0, 0.05) is 24.0 Å². The van der Waals surface area contributed by atoms with Crippen molar-refractivity contribution in [2.24, 2.45) is 5.92 Å². The fourth-order valence-corrected chi connectivity index (χ4v) is 6.98. The van der Waals surface area contributed by atoms with Gasteiger partial charge in [0.25, 0.3) is 0 Å². The van der Waals surface area contributed by atoms with Crippen LogP contribution in [0.3, 0.4) is 0 Å². The van der Waals surface area contributed by atoms with Gasteiger partial charge in [-0.25, -0.2) is 9.18 Å². The highest BCUT2D eigenvalue weighted by atomic mass is 32.2.